The summed E-state index contributed by atoms with van der Waals surface area (Å²) >= 11 is 0. The summed E-state index contributed by atoms with van der Waals surface area (Å²) in [6, 6.07) is 7.92. The number of hydrogen-bond donors (Lipinski definition) is 4. The van der Waals surface area contributed by atoms with Crippen molar-refractivity contribution in [1.82, 2.24) is 21.3 Å². The van der Waals surface area contributed by atoms with Crippen LogP contribution in [0.2, 0.25) is 0 Å². The molecule has 0 bridgehead atoms. The number of nitrogens with zero attached hydrogens (tertiary/aromatic N) is 1. The Morgan fingerprint density at radius 1 is 1.24 bits per heavy atom. The lowest BCUT2D eigenvalue weighted by Crippen LogP contribution is -2.43. The van der Waals surface area contributed by atoms with E-state index < -0.39 is 0 Å². The van der Waals surface area contributed by atoms with Crippen LogP contribution in [0.3, 0.4) is 0 Å². The van der Waals surface area contributed by atoms with E-state index in [1.54, 1.807) is 0 Å². The van der Waals surface area contributed by atoms with Gasteiger partial charge < -0.3 is 5.32 Å². The molecule has 0 radical (unpaired) electrons. The molecule has 1 aromatic rings. The highest BCUT2D eigenvalue weighted by molar-refractivity contribution is 5.95. The third-order valence-corrected chi connectivity index (χ3v) is 4.14. The van der Waals surface area contributed by atoms with Crippen LogP contribution in [0.1, 0.15) is 25.3 Å². The van der Waals surface area contributed by atoms with Crippen LogP contribution in [0.5, 0.6) is 0 Å². The molecule has 0 aromatic heterocycles. The van der Waals surface area contributed by atoms with Gasteiger partial charge in [0.25, 0.3) is 0 Å². The molecule has 21 heavy (non-hydrogen) atoms. The molecule has 6 nitrogen and oxygen atoms in total. The Morgan fingerprint density at radius 3 is 2.57 bits per heavy atom. The van der Waals surface area contributed by atoms with Crippen molar-refractivity contribution in [3.63, 3.8) is 0 Å². The molecule has 114 valence electrons. The molecule has 2 atom stereocenters. The largest absolute Gasteiger partial charge is 0.325 e. The number of anilines is 1. The molecule has 2 saturated heterocycles. The van der Waals surface area contributed by atoms with Crippen molar-refractivity contribution in [1.29, 1.82) is 0 Å². The highest BCUT2D eigenvalue weighted by Gasteiger charge is 2.29. The Bertz CT molecular complexity index is 483. The second-order valence-corrected chi connectivity index (χ2v) is 5.85. The molecular weight excluding hydrogens is 266 g/mol. The van der Waals surface area contributed by atoms with Crippen molar-refractivity contribution in [2.45, 2.75) is 38.4 Å². The minimum atomic E-state index is -0.269. The van der Waals surface area contributed by atoms with Gasteiger partial charge >= 0.3 is 0 Å². The summed E-state index contributed by atoms with van der Waals surface area (Å²) < 4.78 is 0. The summed E-state index contributed by atoms with van der Waals surface area (Å²) in [7, 11) is 0. The van der Waals surface area contributed by atoms with Gasteiger partial charge in [-0.1, -0.05) is 12.1 Å². The van der Waals surface area contributed by atoms with Crippen molar-refractivity contribution in [3.8, 4) is 0 Å². The van der Waals surface area contributed by atoms with Gasteiger partial charge in [0.2, 0.25) is 5.91 Å². The Morgan fingerprint density at radius 2 is 1.95 bits per heavy atom. The van der Waals surface area contributed by atoms with Crippen LogP contribution < -0.4 is 21.7 Å². The Kier molecular flexibility index (Phi) is 4.50. The number of hydrazine groups is 2. The van der Waals surface area contributed by atoms with E-state index in [1.807, 2.05) is 19.1 Å². The van der Waals surface area contributed by atoms with E-state index in [0.717, 1.165) is 12.2 Å². The van der Waals surface area contributed by atoms with Gasteiger partial charge in [-0.2, -0.15) is 5.53 Å². The number of carbonyl (C=O) groups is 1. The fraction of sp³-hybridized carbons (Fsp3) is 0.533. The van der Waals surface area contributed by atoms with Crippen LogP contribution in [0.4, 0.5) is 5.69 Å². The van der Waals surface area contributed by atoms with Gasteiger partial charge in [-0.3, -0.25) is 9.69 Å². The summed E-state index contributed by atoms with van der Waals surface area (Å²) in [6.45, 7) is 5.35. The minimum absolute atomic E-state index is 0.0349. The number of nitrogens with one attached hydrogen (secondary N) is 4. The van der Waals surface area contributed by atoms with Gasteiger partial charge in [-0.05, 0) is 50.6 Å². The number of rotatable bonds is 4. The summed E-state index contributed by atoms with van der Waals surface area (Å²) in [5.74, 6) is -0.0349. The van der Waals surface area contributed by atoms with Crippen LogP contribution >= 0.6 is 0 Å². The first-order valence-corrected chi connectivity index (χ1v) is 7.60. The molecular formula is C15H23N5O. The van der Waals surface area contributed by atoms with Gasteiger partial charge in [-0.15, -0.1) is 0 Å². The zero-order valence-corrected chi connectivity index (χ0v) is 12.4. The zero-order chi connectivity index (χ0) is 14.7. The standard InChI is InChI=1S/C15H23N5O/c1-11-14(18-19-17-11)15(21)16-13-6-4-12(5-7-13)10-20-8-2-3-9-20/h4-7,11,14,17-19H,2-3,8-10H2,1H3,(H,16,21). The van der Waals surface area contributed by atoms with Crippen molar-refractivity contribution in [2.75, 3.05) is 18.4 Å². The molecule has 2 aliphatic heterocycles. The second-order valence-electron chi connectivity index (χ2n) is 5.85. The van der Waals surface area contributed by atoms with Crippen LogP contribution in [-0.2, 0) is 11.3 Å². The van der Waals surface area contributed by atoms with E-state index in [2.05, 4.69) is 38.7 Å². The molecule has 1 amide bonds. The maximum atomic E-state index is 12.1. The van der Waals surface area contributed by atoms with Crippen LogP contribution in [-0.4, -0.2) is 36.0 Å². The number of carbonyl (C=O) groups excluding carboxylic acids is 1. The monoisotopic (exact) mass is 289 g/mol. The van der Waals surface area contributed by atoms with Crippen molar-refractivity contribution in [2.24, 2.45) is 0 Å². The molecule has 0 aliphatic carbocycles. The number of amides is 1. The smallest absolute Gasteiger partial charge is 0.244 e. The van der Waals surface area contributed by atoms with E-state index in [9.17, 15) is 4.79 Å². The van der Waals surface area contributed by atoms with Gasteiger partial charge in [0.15, 0.2) is 0 Å². The lowest BCUT2D eigenvalue weighted by atomic mass is 10.1. The first-order chi connectivity index (χ1) is 10.2. The Hall–Kier alpha value is -1.47. The van der Waals surface area contributed by atoms with Gasteiger partial charge in [0.1, 0.15) is 6.04 Å². The fourth-order valence-corrected chi connectivity index (χ4v) is 2.85. The molecule has 1 aromatic carbocycles. The molecule has 4 N–H and O–H groups in total. The maximum Gasteiger partial charge on any atom is 0.244 e. The third-order valence-electron chi connectivity index (χ3n) is 4.14. The van der Waals surface area contributed by atoms with E-state index in [0.29, 0.717) is 0 Å². The predicted octanol–water partition coefficient (Wildman–Crippen LogP) is 0.590. The summed E-state index contributed by atoms with van der Waals surface area (Å²) in [5, 5.41) is 2.94. The molecule has 0 spiro atoms. The normalized spacial score (nSPS) is 26.1. The Balaban J connectivity index is 1.55. The predicted molar refractivity (Wildman–Crippen MR) is 82.2 cm³/mol. The van der Waals surface area contributed by atoms with E-state index >= 15 is 0 Å². The third kappa shape index (κ3) is 3.59. The maximum absolute atomic E-state index is 12.1. The van der Waals surface area contributed by atoms with E-state index in [1.165, 1.54) is 31.5 Å². The molecule has 2 unspecified atom stereocenters. The highest BCUT2D eigenvalue weighted by Crippen LogP contribution is 2.15. The average Bonchev–Trinajstić information content (AvgIpc) is 3.12. The van der Waals surface area contributed by atoms with Crippen LogP contribution in [0, 0.1) is 0 Å². The quantitative estimate of drug-likeness (QED) is 0.653. The molecule has 2 fully saturated rings. The molecule has 3 rings (SSSR count). The van der Waals surface area contributed by atoms with Crippen LogP contribution in [0.25, 0.3) is 0 Å². The molecule has 0 saturated carbocycles. The molecule has 2 aliphatic rings. The second kappa shape index (κ2) is 6.53. The number of likely N-dealkylation sites (tertiary alicyclic amines) is 1. The van der Waals surface area contributed by atoms with Gasteiger partial charge in [0.05, 0.1) is 0 Å². The van der Waals surface area contributed by atoms with E-state index in [4.69, 9.17) is 0 Å². The zero-order valence-electron chi connectivity index (χ0n) is 12.4. The lowest BCUT2D eigenvalue weighted by Gasteiger charge is -2.16. The molecule has 6 heteroatoms. The average molecular weight is 289 g/mol. The lowest BCUT2D eigenvalue weighted by molar-refractivity contribution is -0.118. The molecule has 2 heterocycles. The summed E-state index contributed by atoms with van der Waals surface area (Å²) in [6.07, 6.45) is 2.62. The summed E-state index contributed by atoms with van der Waals surface area (Å²) in [4.78, 5) is 14.6. The summed E-state index contributed by atoms with van der Waals surface area (Å²) in [5.41, 5.74) is 10.8. The Labute approximate surface area is 125 Å². The minimum Gasteiger partial charge on any atom is -0.325 e. The fourth-order valence-electron chi connectivity index (χ4n) is 2.85. The van der Waals surface area contributed by atoms with Crippen LogP contribution in [0.15, 0.2) is 24.3 Å². The first-order valence-electron chi connectivity index (χ1n) is 7.60. The van der Waals surface area contributed by atoms with Gasteiger partial charge in [-0.25, -0.2) is 10.9 Å². The van der Waals surface area contributed by atoms with Gasteiger partial charge in [0, 0.05) is 18.3 Å². The SMILES string of the molecule is CC1NNNC1C(=O)Nc1ccc(CN2CCCC2)cc1. The number of hydrogen-bond acceptors (Lipinski definition) is 5. The topological polar surface area (TPSA) is 68.4 Å². The first kappa shape index (κ1) is 14.5. The number of benzene rings is 1. The van der Waals surface area contributed by atoms with E-state index in [-0.39, 0.29) is 18.0 Å². The van der Waals surface area contributed by atoms with Crippen molar-refractivity contribution < 1.29 is 4.79 Å². The van der Waals surface area contributed by atoms with Crippen molar-refractivity contribution in [3.05, 3.63) is 29.8 Å². The highest BCUT2D eigenvalue weighted by atomic mass is 16.2. The van der Waals surface area contributed by atoms with Crippen molar-refractivity contribution >= 4 is 11.6 Å².